The van der Waals surface area contributed by atoms with E-state index in [9.17, 15) is 34.2 Å². The number of piperidine rings is 2. The molecule has 0 unspecified atom stereocenters. The van der Waals surface area contributed by atoms with Crippen LogP contribution in [0.15, 0.2) is 54.6 Å². The molecule has 21 heteroatoms. The summed E-state index contributed by atoms with van der Waals surface area (Å²) in [5.74, 6) is -1.18. The number of nitrogens with zero attached hydrogens (tertiary/aromatic N) is 4. The monoisotopic (exact) mass is 1080 g/mol. The molecule has 0 radical (unpaired) electrons. The molecule has 5 atom stereocenters. The summed E-state index contributed by atoms with van der Waals surface area (Å²) in [6.07, 6.45) is 5.87. The Labute approximate surface area is 444 Å². The first-order valence-electron chi connectivity index (χ1n) is 25.4. The number of likely N-dealkylation sites (N-methyl/N-ethyl adjacent to an activating group) is 1. The molecule has 18 nitrogen and oxygen atoms in total. The summed E-state index contributed by atoms with van der Waals surface area (Å²) in [5, 5.41) is 41.0. The number of aromatic hydroxyl groups is 1. The van der Waals surface area contributed by atoms with Gasteiger partial charge in [-0.3, -0.25) is 24.0 Å². The van der Waals surface area contributed by atoms with E-state index in [0.717, 1.165) is 48.9 Å². The lowest BCUT2D eigenvalue weighted by molar-refractivity contribution is -0.187. The summed E-state index contributed by atoms with van der Waals surface area (Å²) in [4.78, 5) is 68.4. The third-order valence-electron chi connectivity index (χ3n) is 15.5. The Balaban J connectivity index is 0.609. The number of likely N-dealkylation sites (tertiary alicyclic amines) is 2. The second-order valence-corrected chi connectivity index (χ2v) is 21.4. The van der Waals surface area contributed by atoms with Crippen LogP contribution in [0.3, 0.4) is 0 Å². The van der Waals surface area contributed by atoms with Gasteiger partial charge in [-0.15, -0.1) is 0 Å². The van der Waals surface area contributed by atoms with Crippen LogP contribution in [0.5, 0.6) is 11.5 Å². The normalized spacial score (nSPS) is 22.9. The molecule has 3 aliphatic heterocycles. The molecule has 2 saturated heterocycles. The second-order valence-electron chi connectivity index (χ2n) is 20.1. The number of unbranched alkanes of at least 4 members (excludes halogenated alkanes) is 3. The van der Waals surface area contributed by atoms with E-state index in [1.165, 1.54) is 0 Å². The summed E-state index contributed by atoms with van der Waals surface area (Å²) in [6.45, 7) is 3.21. The number of halogens is 3. The maximum Gasteiger partial charge on any atom is 0.272 e. The predicted molar refractivity (Wildman–Crippen MR) is 277 cm³/mol. The number of aliphatic hydroxyl groups is 1. The summed E-state index contributed by atoms with van der Waals surface area (Å²) in [6, 6.07) is 15.2. The van der Waals surface area contributed by atoms with Gasteiger partial charge in [-0.1, -0.05) is 65.8 Å². The third kappa shape index (κ3) is 10.8. The SMILES string of the molecule is Cc1c(C(=O)NC2CCN(C(=O)COCC(=O)NCCCCCCNC(=O)COCC(=O)N[C@H]3CC[C@@]4(O)[C@H]5Cc6ccc(O)c7c6[C@@]4(CCN5C)[C@H]3O7)CC2)nn(-c2ccc(Cl)cc2Cl)c1-c1ccc(Cl)cc1. The number of carbonyl (C=O) groups excluding carboxylic acids is 5. The topological polar surface area (TPSA) is 226 Å². The highest BCUT2D eigenvalue weighted by Gasteiger charge is 2.72. The standard InChI is InChI=1S/C53H63Cl3N8O10/c1-31-47(61-64(39-13-12-35(55)26-37(39)56)48(31)32-7-10-34(54)11-8-32)51(70)59-36-16-22-63(23-17-36)45(69)30-73-28-43(67)58-21-6-4-3-5-20-57-42(66)27-72-29-44(68)60-38-15-18-53(71)41-25-33-9-14-40(65)49-46(33)52(53,50(38)74-49)19-24-62(41)2/h7-14,26,36,38,41,50,65,71H,3-6,15-25,27-30H2,1-2H3,(H,57,66)(H,58,67)(H,59,70)(H,60,68)/t38-,41+,50-,52-,53+/m0/s1. The fraction of sp³-hybridized carbons (Fsp3) is 0.509. The number of hydrogen-bond donors (Lipinski definition) is 6. The number of benzene rings is 3. The first-order valence-corrected chi connectivity index (χ1v) is 26.5. The summed E-state index contributed by atoms with van der Waals surface area (Å²) in [5.41, 5.74) is 3.06. The van der Waals surface area contributed by atoms with Gasteiger partial charge in [0.1, 0.15) is 32.5 Å². The Morgan fingerprint density at radius 3 is 2.15 bits per heavy atom. The molecule has 396 valence electrons. The maximum absolute atomic E-state index is 13.7. The van der Waals surface area contributed by atoms with Gasteiger partial charge in [0.2, 0.25) is 23.6 Å². The highest BCUT2D eigenvalue weighted by Crippen LogP contribution is 2.65. The lowest BCUT2D eigenvalue weighted by Gasteiger charge is -2.63. The molecule has 3 fully saturated rings. The van der Waals surface area contributed by atoms with Crippen molar-refractivity contribution < 1.29 is 48.4 Å². The van der Waals surface area contributed by atoms with Crippen molar-refractivity contribution in [3.8, 4) is 28.4 Å². The van der Waals surface area contributed by atoms with Gasteiger partial charge in [0.25, 0.3) is 5.91 Å². The minimum atomic E-state index is -1.06. The molecule has 1 saturated carbocycles. The Morgan fingerprint density at radius 2 is 1.46 bits per heavy atom. The smallest absolute Gasteiger partial charge is 0.272 e. The second kappa shape index (κ2) is 22.8. The van der Waals surface area contributed by atoms with Gasteiger partial charge in [0.15, 0.2) is 17.2 Å². The van der Waals surface area contributed by atoms with Crippen LogP contribution < -0.4 is 26.0 Å². The average molecular weight is 1080 g/mol. The van der Waals surface area contributed by atoms with Crippen LogP contribution in [0.25, 0.3) is 16.9 Å². The number of ether oxygens (including phenoxy) is 3. The van der Waals surface area contributed by atoms with E-state index in [2.05, 4.69) is 26.2 Å². The van der Waals surface area contributed by atoms with Crippen LogP contribution in [0.1, 0.15) is 85.0 Å². The van der Waals surface area contributed by atoms with E-state index in [1.807, 2.05) is 32.2 Å². The number of nitrogens with one attached hydrogen (secondary N) is 4. The summed E-state index contributed by atoms with van der Waals surface area (Å²) in [7, 11) is 2.03. The number of hydrogen-bond acceptors (Lipinski definition) is 12. The van der Waals surface area contributed by atoms with E-state index in [1.54, 1.807) is 46.0 Å². The quantitative estimate of drug-likeness (QED) is 0.0642. The van der Waals surface area contributed by atoms with Crippen molar-refractivity contribution in [1.29, 1.82) is 0 Å². The molecule has 2 aliphatic carbocycles. The van der Waals surface area contributed by atoms with Crippen LogP contribution in [0, 0.1) is 6.92 Å². The number of phenols is 1. The zero-order valence-electron chi connectivity index (χ0n) is 41.5. The lowest BCUT2D eigenvalue weighted by atomic mass is 9.48. The minimum Gasteiger partial charge on any atom is -0.504 e. The van der Waals surface area contributed by atoms with Gasteiger partial charge in [0, 0.05) is 65.0 Å². The lowest BCUT2D eigenvalue weighted by Crippen LogP contribution is -2.77. The zero-order chi connectivity index (χ0) is 52.3. The predicted octanol–water partition coefficient (Wildman–Crippen LogP) is 5.03. The molecule has 5 aliphatic rings. The van der Waals surface area contributed by atoms with Crippen molar-refractivity contribution in [2.75, 3.05) is 66.2 Å². The molecular weight excluding hydrogens is 1010 g/mol. The first-order chi connectivity index (χ1) is 35.6. The molecule has 6 N–H and O–H groups in total. The molecule has 1 spiro atoms. The van der Waals surface area contributed by atoms with Crippen molar-refractivity contribution >= 4 is 64.3 Å². The number of rotatable bonds is 20. The van der Waals surface area contributed by atoms with Crippen molar-refractivity contribution in [1.82, 2.24) is 40.8 Å². The van der Waals surface area contributed by atoms with Gasteiger partial charge in [0.05, 0.1) is 33.5 Å². The highest BCUT2D eigenvalue weighted by atomic mass is 35.5. The van der Waals surface area contributed by atoms with E-state index in [0.29, 0.717) is 102 Å². The Morgan fingerprint density at radius 1 is 0.797 bits per heavy atom. The molecule has 74 heavy (non-hydrogen) atoms. The molecular formula is C53H63Cl3N8O10. The van der Waals surface area contributed by atoms with Gasteiger partial charge in [-0.25, -0.2) is 4.68 Å². The Bertz CT molecular complexity index is 2770. The fourth-order valence-electron chi connectivity index (χ4n) is 11.9. The van der Waals surface area contributed by atoms with E-state index < -0.39 is 23.2 Å². The van der Waals surface area contributed by atoms with E-state index in [-0.39, 0.29) is 79.5 Å². The van der Waals surface area contributed by atoms with Gasteiger partial charge >= 0.3 is 0 Å². The van der Waals surface area contributed by atoms with Crippen molar-refractivity contribution in [2.24, 2.45) is 0 Å². The maximum atomic E-state index is 13.7. The Kier molecular flexibility index (Phi) is 16.4. The number of aromatic nitrogens is 2. The zero-order valence-corrected chi connectivity index (χ0v) is 43.8. The number of amides is 5. The third-order valence-corrected chi connectivity index (χ3v) is 16.3. The van der Waals surface area contributed by atoms with Crippen molar-refractivity contribution in [3.63, 3.8) is 0 Å². The van der Waals surface area contributed by atoms with Crippen LogP contribution in [0.4, 0.5) is 0 Å². The number of carbonyl (C=O) groups is 5. The summed E-state index contributed by atoms with van der Waals surface area (Å²) >= 11 is 18.9. The average Bonchev–Trinajstić information content (AvgIpc) is 3.99. The summed E-state index contributed by atoms with van der Waals surface area (Å²) < 4.78 is 19.0. The molecule has 4 aromatic rings. The molecule has 5 amide bonds. The molecule has 3 aromatic carbocycles. The van der Waals surface area contributed by atoms with E-state index >= 15 is 0 Å². The van der Waals surface area contributed by atoms with Crippen LogP contribution in [-0.4, -0.2) is 155 Å². The fourth-order valence-corrected chi connectivity index (χ4v) is 12.5. The van der Waals surface area contributed by atoms with Gasteiger partial charge < -0.3 is 55.5 Å². The van der Waals surface area contributed by atoms with Gasteiger partial charge in [-0.2, -0.15) is 5.10 Å². The molecule has 9 rings (SSSR count). The van der Waals surface area contributed by atoms with Crippen LogP contribution >= 0.6 is 34.8 Å². The molecule has 1 aromatic heterocycles. The number of phenolic OH excluding ortho intramolecular Hbond substituents is 1. The largest absolute Gasteiger partial charge is 0.504 e. The highest BCUT2D eigenvalue weighted by molar-refractivity contribution is 6.35. The first kappa shape index (κ1) is 53.4. The van der Waals surface area contributed by atoms with Crippen molar-refractivity contribution in [2.45, 2.75) is 106 Å². The van der Waals surface area contributed by atoms with E-state index in [4.69, 9.17) is 54.1 Å². The minimum absolute atomic E-state index is 0.0361. The molecule has 4 heterocycles. The van der Waals surface area contributed by atoms with Crippen molar-refractivity contribution in [3.05, 3.63) is 92.0 Å². The van der Waals surface area contributed by atoms with Gasteiger partial charge in [-0.05, 0) is 114 Å². The molecule has 2 bridgehead atoms. The van der Waals surface area contributed by atoms with Crippen LogP contribution in [0.2, 0.25) is 15.1 Å². The Hall–Kier alpha value is -5.47. The van der Waals surface area contributed by atoms with Crippen LogP contribution in [-0.2, 0) is 40.5 Å².